The molecule has 0 aliphatic heterocycles. The minimum absolute atomic E-state index is 0.103. The van der Waals surface area contributed by atoms with Crippen LogP contribution in [0.1, 0.15) is 37.0 Å². The Morgan fingerprint density at radius 1 is 1.44 bits per heavy atom. The van der Waals surface area contributed by atoms with Crippen LogP contribution in [-0.4, -0.2) is 33.8 Å². The van der Waals surface area contributed by atoms with Gasteiger partial charge in [-0.25, -0.2) is 4.79 Å². The van der Waals surface area contributed by atoms with Gasteiger partial charge in [0.25, 0.3) is 0 Å². The average Bonchev–Trinajstić information content (AvgIpc) is 2.52. The molecule has 0 radical (unpaired) electrons. The maximum absolute atomic E-state index is 11.8. The van der Waals surface area contributed by atoms with Gasteiger partial charge in [0.1, 0.15) is 11.3 Å². The summed E-state index contributed by atoms with van der Waals surface area (Å²) in [7, 11) is 1.69. The minimum atomic E-state index is -0.602. The average molecular weight is 253 g/mol. The van der Waals surface area contributed by atoms with Crippen LogP contribution in [0.25, 0.3) is 0 Å². The Kier molecular flexibility index (Phi) is 4.11. The second kappa shape index (κ2) is 5.20. The smallest absolute Gasteiger partial charge is 0.408 e. The molecule has 6 heteroatoms. The molecule has 100 valence electrons. The molecular weight excluding hydrogens is 234 g/mol. The van der Waals surface area contributed by atoms with Crippen molar-refractivity contribution in [3.05, 3.63) is 17.5 Å². The van der Waals surface area contributed by atoms with Gasteiger partial charge in [-0.2, -0.15) is 5.10 Å². The number of ether oxygens (including phenoxy) is 1. The highest BCUT2D eigenvalue weighted by Crippen LogP contribution is 2.06. The van der Waals surface area contributed by atoms with E-state index in [0.717, 1.165) is 5.69 Å². The van der Waals surface area contributed by atoms with Gasteiger partial charge in [0, 0.05) is 7.05 Å². The lowest BCUT2D eigenvalue weighted by Crippen LogP contribution is -2.35. The van der Waals surface area contributed by atoms with Crippen molar-refractivity contribution in [1.82, 2.24) is 15.1 Å². The van der Waals surface area contributed by atoms with Gasteiger partial charge in [-0.3, -0.25) is 9.48 Å². The number of carbonyl (C=O) groups excluding carboxylic acids is 2. The Hall–Kier alpha value is -1.85. The standard InChI is InChI=1S/C12H19N3O3/c1-8-6-9(15(5)14-8)10(16)7-13-11(17)18-12(2,3)4/h6H,7H2,1-5H3,(H,13,17). The largest absolute Gasteiger partial charge is 0.444 e. The van der Waals surface area contributed by atoms with E-state index >= 15 is 0 Å². The van der Waals surface area contributed by atoms with E-state index in [4.69, 9.17) is 4.74 Å². The number of hydrogen-bond donors (Lipinski definition) is 1. The molecule has 0 bridgehead atoms. The lowest BCUT2D eigenvalue weighted by molar-refractivity contribution is 0.0520. The normalized spacial score (nSPS) is 11.2. The first-order valence-electron chi connectivity index (χ1n) is 5.70. The third-order valence-corrected chi connectivity index (χ3v) is 2.08. The van der Waals surface area contributed by atoms with E-state index in [2.05, 4.69) is 10.4 Å². The molecule has 18 heavy (non-hydrogen) atoms. The van der Waals surface area contributed by atoms with Crippen LogP contribution in [0.5, 0.6) is 0 Å². The summed E-state index contributed by atoms with van der Waals surface area (Å²) in [5, 5.41) is 6.49. The summed E-state index contributed by atoms with van der Waals surface area (Å²) in [6.45, 7) is 6.99. The zero-order valence-corrected chi connectivity index (χ0v) is 11.4. The van der Waals surface area contributed by atoms with Crippen LogP contribution in [0.2, 0.25) is 0 Å². The van der Waals surface area contributed by atoms with Crippen molar-refractivity contribution in [3.63, 3.8) is 0 Å². The Labute approximate surface area is 106 Å². The second-order valence-corrected chi connectivity index (χ2v) is 5.07. The Morgan fingerprint density at radius 3 is 2.50 bits per heavy atom. The van der Waals surface area contributed by atoms with Crippen LogP contribution in [0.4, 0.5) is 4.79 Å². The molecule has 1 heterocycles. The van der Waals surface area contributed by atoms with Crippen LogP contribution in [0, 0.1) is 6.92 Å². The number of rotatable bonds is 3. The SMILES string of the molecule is Cc1cc(C(=O)CNC(=O)OC(C)(C)C)n(C)n1. The number of ketones is 1. The fourth-order valence-electron chi connectivity index (χ4n) is 1.43. The molecule has 0 spiro atoms. The number of nitrogens with one attached hydrogen (secondary N) is 1. The number of hydrogen-bond acceptors (Lipinski definition) is 4. The van der Waals surface area contributed by atoms with Crippen molar-refractivity contribution in [2.24, 2.45) is 7.05 Å². The van der Waals surface area contributed by atoms with E-state index in [9.17, 15) is 9.59 Å². The van der Waals surface area contributed by atoms with Crippen LogP contribution < -0.4 is 5.32 Å². The molecule has 0 atom stereocenters. The highest BCUT2D eigenvalue weighted by atomic mass is 16.6. The van der Waals surface area contributed by atoms with Crippen molar-refractivity contribution in [3.8, 4) is 0 Å². The Balaban J connectivity index is 2.52. The molecule has 1 amide bonds. The first-order valence-corrected chi connectivity index (χ1v) is 5.70. The predicted octanol–water partition coefficient (Wildman–Crippen LogP) is 1.44. The molecule has 0 aromatic carbocycles. The zero-order chi connectivity index (χ0) is 13.9. The lowest BCUT2D eigenvalue weighted by atomic mass is 10.2. The monoisotopic (exact) mass is 253 g/mol. The van der Waals surface area contributed by atoms with E-state index in [-0.39, 0.29) is 12.3 Å². The molecule has 0 aliphatic rings. The summed E-state index contributed by atoms with van der Waals surface area (Å²) < 4.78 is 6.53. The quantitative estimate of drug-likeness (QED) is 0.827. The number of carbonyl (C=O) groups is 2. The predicted molar refractivity (Wildman–Crippen MR) is 66.5 cm³/mol. The lowest BCUT2D eigenvalue weighted by Gasteiger charge is -2.19. The summed E-state index contributed by atoms with van der Waals surface area (Å²) in [6.07, 6.45) is -0.602. The second-order valence-electron chi connectivity index (χ2n) is 5.07. The summed E-state index contributed by atoms with van der Waals surface area (Å²) >= 11 is 0. The van der Waals surface area contributed by atoms with E-state index in [0.29, 0.717) is 5.69 Å². The molecule has 0 aliphatic carbocycles. The number of amides is 1. The van der Waals surface area contributed by atoms with Crippen molar-refractivity contribution >= 4 is 11.9 Å². The van der Waals surface area contributed by atoms with E-state index < -0.39 is 11.7 Å². The van der Waals surface area contributed by atoms with Gasteiger partial charge in [-0.05, 0) is 33.8 Å². The van der Waals surface area contributed by atoms with Crippen LogP contribution in [-0.2, 0) is 11.8 Å². The fourth-order valence-corrected chi connectivity index (χ4v) is 1.43. The molecule has 0 unspecified atom stereocenters. The summed E-state index contributed by atoms with van der Waals surface area (Å²) in [5.74, 6) is -0.205. The van der Waals surface area contributed by atoms with Crippen LogP contribution in [0.15, 0.2) is 6.07 Å². The van der Waals surface area contributed by atoms with E-state index in [1.807, 2.05) is 0 Å². The molecule has 1 aromatic heterocycles. The summed E-state index contributed by atoms with van der Waals surface area (Å²) in [6, 6.07) is 1.68. The van der Waals surface area contributed by atoms with Gasteiger partial charge in [-0.1, -0.05) is 0 Å². The van der Waals surface area contributed by atoms with Crippen molar-refractivity contribution in [2.75, 3.05) is 6.54 Å². The number of alkyl carbamates (subject to hydrolysis) is 1. The summed E-state index contributed by atoms with van der Waals surface area (Å²) in [5.41, 5.74) is 0.651. The fraction of sp³-hybridized carbons (Fsp3) is 0.583. The minimum Gasteiger partial charge on any atom is -0.444 e. The highest BCUT2D eigenvalue weighted by molar-refractivity contribution is 5.97. The molecule has 1 aromatic rings. The maximum Gasteiger partial charge on any atom is 0.408 e. The van der Waals surface area contributed by atoms with Gasteiger partial charge in [-0.15, -0.1) is 0 Å². The Bertz CT molecular complexity index is 458. The molecular formula is C12H19N3O3. The topological polar surface area (TPSA) is 73.2 Å². The molecule has 1 rings (SSSR count). The molecule has 0 saturated heterocycles. The van der Waals surface area contributed by atoms with Gasteiger partial charge < -0.3 is 10.1 Å². The molecule has 1 N–H and O–H groups in total. The summed E-state index contributed by atoms with van der Waals surface area (Å²) in [4.78, 5) is 23.2. The van der Waals surface area contributed by atoms with Gasteiger partial charge in [0.05, 0.1) is 12.2 Å². The third-order valence-electron chi connectivity index (χ3n) is 2.08. The maximum atomic E-state index is 11.8. The highest BCUT2D eigenvalue weighted by Gasteiger charge is 2.18. The van der Waals surface area contributed by atoms with Crippen LogP contribution >= 0.6 is 0 Å². The molecule has 0 fully saturated rings. The van der Waals surface area contributed by atoms with Crippen molar-refractivity contribution in [1.29, 1.82) is 0 Å². The van der Waals surface area contributed by atoms with Crippen molar-refractivity contribution < 1.29 is 14.3 Å². The molecule has 6 nitrogen and oxygen atoms in total. The Morgan fingerprint density at radius 2 is 2.06 bits per heavy atom. The number of nitrogens with zero attached hydrogens (tertiary/aromatic N) is 2. The van der Waals surface area contributed by atoms with Crippen molar-refractivity contribution in [2.45, 2.75) is 33.3 Å². The van der Waals surface area contributed by atoms with E-state index in [1.165, 1.54) is 4.68 Å². The first kappa shape index (κ1) is 14.2. The number of Topliss-reactive ketones (excluding diaryl/α,β-unsaturated/α-hetero) is 1. The number of aromatic nitrogens is 2. The first-order chi connectivity index (χ1) is 8.19. The van der Waals surface area contributed by atoms with Gasteiger partial charge in [0.15, 0.2) is 5.78 Å². The van der Waals surface area contributed by atoms with Gasteiger partial charge in [0.2, 0.25) is 0 Å². The van der Waals surface area contributed by atoms with E-state index in [1.54, 1.807) is 40.8 Å². The van der Waals surface area contributed by atoms with Gasteiger partial charge >= 0.3 is 6.09 Å². The number of aryl methyl sites for hydroxylation is 2. The zero-order valence-electron chi connectivity index (χ0n) is 11.4. The molecule has 0 saturated carbocycles. The van der Waals surface area contributed by atoms with Crippen LogP contribution in [0.3, 0.4) is 0 Å². The third kappa shape index (κ3) is 4.20.